The van der Waals surface area contributed by atoms with Gasteiger partial charge in [0.2, 0.25) is 0 Å². The Balaban J connectivity index is 0.000000364. The SMILES string of the molecule is CC(N)C(N)c1nc[nH]n1.O=[PH](O)O. The molecule has 0 saturated heterocycles. The van der Waals surface area contributed by atoms with E-state index in [1.165, 1.54) is 6.33 Å². The standard InChI is InChI=1S/C5H11N5.H3O3P/c1-3(6)4(7)5-8-2-9-10-5;1-4(2)3/h2-4H,6-7H2,1H3,(H,8,9,10);4H,(H2,1,2,3). The number of aromatic nitrogens is 3. The Morgan fingerprint density at radius 1 is 1.57 bits per heavy atom. The average Bonchev–Trinajstić information content (AvgIpc) is 2.53. The van der Waals surface area contributed by atoms with E-state index in [4.69, 9.17) is 25.8 Å². The van der Waals surface area contributed by atoms with Crippen LogP contribution in [0.4, 0.5) is 0 Å². The largest absolute Gasteiger partial charge is 0.326 e. The molecule has 1 aromatic heterocycles. The van der Waals surface area contributed by atoms with Crippen LogP contribution in [-0.4, -0.2) is 31.0 Å². The van der Waals surface area contributed by atoms with Crippen LogP contribution >= 0.6 is 8.25 Å². The normalized spacial score (nSPS) is 14.4. The number of hydrogen-bond acceptors (Lipinski definition) is 5. The molecule has 0 saturated carbocycles. The first-order valence-electron chi connectivity index (χ1n) is 3.74. The molecule has 0 spiro atoms. The molecule has 0 bridgehead atoms. The van der Waals surface area contributed by atoms with Crippen LogP contribution in [-0.2, 0) is 4.57 Å². The first kappa shape index (κ1) is 13.2. The van der Waals surface area contributed by atoms with E-state index in [2.05, 4.69) is 15.2 Å². The maximum Gasteiger partial charge on any atom is 0.314 e. The zero-order valence-corrected chi connectivity index (χ0v) is 8.58. The van der Waals surface area contributed by atoms with Crippen molar-refractivity contribution in [2.24, 2.45) is 11.5 Å². The molecule has 82 valence electrons. The van der Waals surface area contributed by atoms with Gasteiger partial charge in [0, 0.05) is 6.04 Å². The molecule has 14 heavy (non-hydrogen) atoms. The summed E-state index contributed by atoms with van der Waals surface area (Å²) in [6, 6.07) is -0.387. The molecule has 0 aliphatic carbocycles. The monoisotopic (exact) mass is 223 g/mol. The molecule has 0 amide bonds. The van der Waals surface area contributed by atoms with Crippen LogP contribution in [0.25, 0.3) is 0 Å². The topological polar surface area (TPSA) is 151 Å². The molecule has 8 nitrogen and oxygen atoms in total. The summed E-state index contributed by atoms with van der Waals surface area (Å²) in [4.78, 5) is 18.2. The number of aromatic amines is 1. The minimum absolute atomic E-state index is 0.115. The van der Waals surface area contributed by atoms with Gasteiger partial charge in [-0.15, -0.1) is 0 Å². The minimum atomic E-state index is -3.13. The summed E-state index contributed by atoms with van der Waals surface area (Å²) in [5, 5.41) is 6.37. The van der Waals surface area contributed by atoms with Crippen LogP contribution in [0.5, 0.6) is 0 Å². The van der Waals surface area contributed by atoms with Crippen LogP contribution in [0, 0.1) is 0 Å². The lowest BCUT2D eigenvalue weighted by molar-refractivity contribution is 0.405. The highest BCUT2D eigenvalue weighted by Gasteiger charge is 2.13. The van der Waals surface area contributed by atoms with Crippen molar-refractivity contribution >= 4 is 8.25 Å². The summed E-state index contributed by atoms with van der Waals surface area (Å²) in [5.74, 6) is 0.565. The van der Waals surface area contributed by atoms with Crippen LogP contribution in [0.3, 0.4) is 0 Å². The lowest BCUT2D eigenvalue weighted by Gasteiger charge is -2.10. The summed E-state index contributed by atoms with van der Waals surface area (Å²) in [6.07, 6.45) is 1.48. The summed E-state index contributed by atoms with van der Waals surface area (Å²) < 4.78 is 8.74. The molecule has 0 fully saturated rings. The summed E-state index contributed by atoms with van der Waals surface area (Å²) in [7, 11) is -3.13. The van der Waals surface area contributed by atoms with Gasteiger partial charge in [0.1, 0.15) is 6.33 Å². The minimum Gasteiger partial charge on any atom is -0.326 e. The molecule has 0 radical (unpaired) electrons. The molecule has 0 aliphatic heterocycles. The van der Waals surface area contributed by atoms with Crippen molar-refractivity contribution in [2.45, 2.75) is 19.0 Å². The van der Waals surface area contributed by atoms with Crippen molar-refractivity contribution in [2.75, 3.05) is 0 Å². The molecule has 1 rings (SSSR count). The molecular formula is C5H14N5O3P. The zero-order valence-electron chi connectivity index (χ0n) is 7.58. The lowest BCUT2D eigenvalue weighted by atomic mass is 10.1. The Kier molecular flexibility index (Phi) is 6.26. The average molecular weight is 223 g/mol. The maximum atomic E-state index is 8.74. The molecule has 0 aliphatic rings. The van der Waals surface area contributed by atoms with Gasteiger partial charge in [0.15, 0.2) is 5.82 Å². The van der Waals surface area contributed by atoms with Gasteiger partial charge in [-0.2, -0.15) is 5.10 Å². The molecular weight excluding hydrogens is 209 g/mol. The highest BCUT2D eigenvalue weighted by atomic mass is 31.1. The lowest BCUT2D eigenvalue weighted by Crippen LogP contribution is -2.31. The van der Waals surface area contributed by atoms with Crippen molar-refractivity contribution in [1.82, 2.24) is 15.2 Å². The third-order valence-electron chi connectivity index (χ3n) is 1.30. The molecule has 1 heterocycles. The van der Waals surface area contributed by atoms with Gasteiger partial charge < -0.3 is 21.3 Å². The highest BCUT2D eigenvalue weighted by Crippen LogP contribution is 2.04. The number of hydrogen-bond donors (Lipinski definition) is 5. The Morgan fingerprint density at radius 2 is 2.07 bits per heavy atom. The summed E-state index contributed by atoms with van der Waals surface area (Å²) >= 11 is 0. The number of nitrogens with one attached hydrogen (secondary N) is 1. The first-order valence-corrected chi connectivity index (χ1v) is 5.04. The van der Waals surface area contributed by atoms with E-state index in [1.54, 1.807) is 0 Å². The van der Waals surface area contributed by atoms with Gasteiger partial charge in [-0.1, -0.05) is 0 Å². The summed E-state index contributed by atoms with van der Waals surface area (Å²) in [5.41, 5.74) is 11.1. The Bertz CT molecular complexity index is 260. The van der Waals surface area contributed by atoms with E-state index >= 15 is 0 Å². The quantitative estimate of drug-likeness (QED) is 0.383. The van der Waals surface area contributed by atoms with Gasteiger partial charge in [-0.25, -0.2) is 4.98 Å². The molecule has 0 aromatic carbocycles. The van der Waals surface area contributed by atoms with Crippen molar-refractivity contribution in [3.8, 4) is 0 Å². The molecule has 1 aromatic rings. The van der Waals surface area contributed by atoms with Crippen molar-refractivity contribution in [3.63, 3.8) is 0 Å². The van der Waals surface area contributed by atoms with E-state index in [-0.39, 0.29) is 12.1 Å². The smallest absolute Gasteiger partial charge is 0.314 e. The summed E-state index contributed by atoms with van der Waals surface area (Å²) in [6.45, 7) is 1.82. The number of H-pyrrole nitrogens is 1. The molecule has 9 heteroatoms. The predicted octanol–water partition coefficient (Wildman–Crippen LogP) is -1.49. The van der Waals surface area contributed by atoms with Crippen molar-refractivity contribution in [1.29, 1.82) is 0 Å². The van der Waals surface area contributed by atoms with E-state index in [0.29, 0.717) is 5.82 Å². The fourth-order valence-electron chi connectivity index (χ4n) is 0.615. The molecule has 7 N–H and O–H groups in total. The Labute approximate surface area is 81.3 Å². The third-order valence-corrected chi connectivity index (χ3v) is 1.30. The van der Waals surface area contributed by atoms with Crippen molar-refractivity contribution in [3.05, 3.63) is 12.2 Å². The second-order valence-electron chi connectivity index (χ2n) is 2.52. The van der Waals surface area contributed by atoms with Gasteiger partial charge >= 0.3 is 8.25 Å². The van der Waals surface area contributed by atoms with E-state index in [1.807, 2.05) is 6.92 Å². The van der Waals surface area contributed by atoms with Crippen LogP contribution in [0.15, 0.2) is 6.33 Å². The van der Waals surface area contributed by atoms with Crippen molar-refractivity contribution < 1.29 is 14.4 Å². The van der Waals surface area contributed by atoms with E-state index in [9.17, 15) is 0 Å². The number of rotatable bonds is 2. The van der Waals surface area contributed by atoms with E-state index in [0.717, 1.165) is 0 Å². The molecule has 2 atom stereocenters. The fraction of sp³-hybridized carbons (Fsp3) is 0.600. The molecule has 2 unspecified atom stereocenters. The third kappa shape index (κ3) is 5.79. The second kappa shape index (κ2) is 6.63. The van der Waals surface area contributed by atoms with E-state index < -0.39 is 8.25 Å². The Hall–Kier alpha value is -0.790. The van der Waals surface area contributed by atoms with Crippen LogP contribution < -0.4 is 11.5 Å². The number of nitrogens with zero attached hydrogens (tertiary/aromatic N) is 2. The predicted molar refractivity (Wildman–Crippen MR) is 50.4 cm³/mol. The van der Waals surface area contributed by atoms with Gasteiger partial charge in [-0.05, 0) is 6.92 Å². The second-order valence-corrected chi connectivity index (χ2v) is 3.09. The van der Waals surface area contributed by atoms with Crippen LogP contribution in [0.1, 0.15) is 18.8 Å². The number of nitrogens with two attached hydrogens (primary N) is 2. The van der Waals surface area contributed by atoms with Gasteiger partial charge in [0.05, 0.1) is 6.04 Å². The Morgan fingerprint density at radius 3 is 2.36 bits per heavy atom. The van der Waals surface area contributed by atoms with Crippen LogP contribution in [0.2, 0.25) is 0 Å². The van der Waals surface area contributed by atoms with Gasteiger partial charge in [0.25, 0.3) is 0 Å². The zero-order chi connectivity index (χ0) is 11.1. The van der Waals surface area contributed by atoms with Gasteiger partial charge in [-0.3, -0.25) is 9.66 Å². The maximum absolute atomic E-state index is 8.74. The highest BCUT2D eigenvalue weighted by molar-refractivity contribution is 7.30. The fourth-order valence-corrected chi connectivity index (χ4v) is 0.615. The first-order chi connectivity index (χ1) is 6.45.